The van der Waals surface area contributed by atoms with Gasteiger partial charge in [0.25, 0.3) is 0 Å². The van der Waals surface area contributed by atoms with Gasteiger partial charge in [0.1, 0.15) is 5.58 Å². The smallest absolute Gasteiger partial charge is 0.374 e. The molecule has 0 spiro atoms. The molecule has 0 saturated carbocycles. The molecule has 6 nitrogen and oxygen atoms in total. The zero-order valence-electron chi connectivity index (χ0n) is 11.9. The highest BCUT2D eigenvalue weighted by Crippen LogP contribution is 2.18. The van der Waals surface area contributed by atoms with Crippen LogP contribution >= 0.6 is 0 Å². The summed E-state index contributed by atoms with van der Waals surface area (Å²) in [4.78, 5) is 35.7. The van der Waals surface area contributed by atoms with Gasteiger partial charge < -0.3 is 13.9 Å². The number of esters is 2. The van der Waals surface area contributed by atoms with E-state index in [0.29, 0.717) is 5.39 Å². The lowest BCUT2D eigenvalue weighted by Gasteiger charge is -2.08. The average Bonchev–Trinajstić information content (AvgIpc) is 2.48. The Bertz CT molecular complexity index is 772. The van der Waals surface area contributed by atoms with Gasteiger partial charge in [0.15, 0.2) is 5.43 Å². The molecule has 0 bridgehead atoms. The zero-order chi connectivity index (χ0) is 15.6. The standard InChI is InChI=1S/C15H14O6/c1-8-4-5-9-11(6-8)21-14(15(18)20-3)10(13(9)17)7-12(16)19-2/h4-6H,7H2,1-3H3. The lowest BCUT2D eigenvalue weighted by Crippen LogP contribution is -2.20. The van der Waals surface area contributed by atoms with Crippen LogP contribution < -0.4 is 5.43 Å². The summed E-state index contributed by atoms with van der Waals surface area (Å²) in [6.45, 7) is 1.83. The highest BCUT2D eigenvalue weighted by atomic mass is 16.5. The molecule has 110 valence electrons. The fraction of sp³-hybridized carbons (Fsp3) is 0.267. The molecule has 0 aliphatic carbocycles. The van der Waals surface area contributed by atoms with Crippen molar-refractivity contribution < 1.29 is 23.5 Å². The Balaban J connectivity index is 2.76. The topological polar surface area (TPSA) is 82.8 Å². The predicted octanol–water partition coefficient (Wildman–Crippen LogP) is 1.60. The second-order valence-corrected chi connectivity index (χ2v) is 4.48. The van der Waals surface area contributed by atoms with E-state index in [2.05, 4.69) is 9.47 Å². The third-order valence-electron chi connectivity index (χ3n) is 3.06. The van der Waals surface area contributed by atoms with Gasteiger partial charge in [-0.15, -0.1) is 0 Å². The number of aryl methyl sites for hydroxylation is 1. The summed E-state index contributed by atoms with van der Waals surface area (Å²) in [5.41, 5.74) is 0.642. The second kappa shape index (κ2) is 5.78. The molecule has 0 saturated heterocycles. The van der Waals surface area contributed by atoms with Gasteiger partial charge in [0.05, 0.1) is 31.6 Å². The van der Waals surface area contributed by atoms with Crippen molar-refractivity contribution in [3.8, 4) is 0 Å². The zero-order valence-corrected chi connectivity index (χ0v) is 11.9. The van der Waals surface area contributed by atoms with E-state index in [1.165, 1.54) is 14.2 Å². The van der Waals surface area contributed by atoms with Crippen LogP contribution in [0, 0.1) is 6.92 Å². The van der Waals surface area contributed by atoms with E-state index in [4.69, 9.17) is 4.42 Å². The molecule has 0 aliphatic heterocycles. The Morgan fingerprint density at radius 1 is 1.19 bits per heavy atom. The van der Waals surface area contributed by atoms with E-state index in [9.17, 15) is 14.4 Å². The van der Waals surface area contributed by atoms with Gasteiger partial charge in [-0.05, 0) is 24.6 Å². The fourth-order valence-electron chi connectivity index (χ4n) is 1.97. The predicted molar refractivity (Wildman–Crippen MR) is 74.3 cm³/mol. The van der Waals surface area contributed by atoms with Crippen molar-refractivity contribution >= 4 is 22.9 Å². The summed E-state index contributed by atoms with van der Waals surface area (Å²) in [7, 11) is 2.37. The van der Waals surface area contributed by atoms with Crippen LogP contribution in [0.5, 0.6) is 0 Å². The monoisotopic (exact) mass is 290 g/mol. The summed E-state index contributed by atoms with van der Waals surface area (Å²) < 4.78 is 14.6. The first-order chi connectivity index (χ1) is 9.97. The first kappa shape index (κ1) is 14.8. The lowest BCUT2D eigenvalue weighted by molar-refractivity contribution is -0.139. The van der Waals surface area contributed by atoms with Crippen molar-refractivity contribution in [2.24, 2.45) is 0 Å². The van der Waals surface area contributed by atoms with Crippen LogP contribution in [0.2, 0.25) is 0 Å². The Morgan fingerprint density at radius 3 is 2.52 bits per heavy atom. The minimum atomic E-state index is -0.811. The highest BCUT2D eigenvalue weighted by molar-refractivity contribution is 5.92. The number of benzene rings is 1. The van der Waals surface area contributed by atoms with Crippen molar-refractivity contribution in [1.29, 1.82) is 0 Å². The Hall–Kier alpha value is -2.63. The van der Waals surface area contributed by atoms with Crippen LogP contribution in [-0.2, 0) is 20.7 Å². The molecule has 0 atom stereocenters. The van der Waals surface area contributed by atoms with Crippen molar-refractivity contribution in [2.45, 2.75) is 13.3 Å². The lowest BCUT2D eigenvalue weighted by atomic mass is 10.1. The summed E-state index contributed by atoms with van der Waals surface area (Å²) in [5.74, 6) is -1.72. The highest BCUT2D eigenvalue weighted by Gasteiger charge is 2.23. The number of methoxy groups -OCH3 is 2. The quantitative estimate of drug-likeness (QED) is 0.798. The van der Waals surface area contributed by atoms with E-state index >= 15 is 0 Å². The molecule has 0 radical (unpaired) electrons. The third-order valence-corrected chi connectivity index (χ3v) is 3.06. The average molecular weight is 290 g/mol. The Kier molecular flexibility index (Phi) is 4.07. The van der Waals surface area contributed by atoms with E-state index in [-0.39, 0.29) is 23.3 Å². The number of ether oxygens (including phenoxy) is 2. The second-order valence-electron chi connectivity index (χ2n) is 4.48. The molecule has 21 heavy (non-hydrogen) atoms. The molecule has 0 aliphatic rings. The summed E-state index contributed by atoms with van der Waals surface area (Å²) in [6, 6.07) is 4.99. The summed E-state index contributed by atoms with van der Waals surface area (Å²) >= 11 is 0. The van der Waals surface area contributed by atoms with Gasteiger partial charge in [0, 0.05) is 0 Å². The van der Waals surface area contributed by atoms with E-state index in [0.717, 1.165) is 5.56 Å². The normalized spacial score (nSPS) is 10.4. The van der Waals surface area contributed by atoms with Gasteiger partial charge in [-0.2, -0.15) is 0 Å². The van der Waals surface area contributed by atoms with Gasteiger partial charge in [0.2, 0.25) is 5.76 Å². The van der Waals surface area contributed by atoms with E-state index in [1.54, 1.807) is 18.2 Å². The molecule has 2 rings (SSSR count). The molecule has 2 aromatic rings. The molecule has 1 aromatic carbocycles. The van der Waals surface area contributed by atoms with Gasteiger partial charge in [-0.1, -0.05) is 6.07 Å². The molecule has 0 N–H and O–H groups in total. The molecular weight excluding hydrogens is 276 g/mol. The van der Waals surface area contributed by atoms with Crippen LogP contribution in [0.15, 0.2) is 27.4 Å². The number of hydrogen-bond acceptors (Lipinski definition) is 6. The molecule has 0 unspecified atom stereocenters. The van der Waals surface area contributed by atoms with Crippen LogP contribution in [0.3, 0.4) is 0 Å². The van der Waals surface area contributed by atoms with Crippen molar-refractivity contribution in [2.75, 3.05) is 14.2 Å². The van der Waals surface area contributed by atoms with E-state index < -0.39 is 17.4 Å². The van der Waals surface area contributed by atoms with Gasteiger partial charge >= 0.3 is 11.9 Å². The van der Waals surface area contributed by atoms with Crippen LogP contribution in [-0.4, -0.2) is 26.2 Å². The minimum absolute atomic E-state index is 0.0648. The van der Waals surface area contributed by atoms with Crippen LogP contribution in [0.1, 0.15) is 21.7 Å². The molecule has 0 amide bonds. The van der Waals surface area contributed by atoms with Crippen molar-refractivity contribution in [1.82, 2.24) is 0 Å². The molecular formula is C15H14O6. The number of rotatable bonds is 3. The Morgan fingerprint density at radius 2 is 1.90 bits per heavy atom. The maximum absolute atomic E-state index is 12.5. The van der Waals surface area contributed by atoms with Crippen LogP contribution in [0.4, 0.5) is 0 Å². The number of fused-ring (bicyclic) bond motifs is 1. The number of carbonyl (C=O) groups is 2. The first-order valence-electron chi connectivity index (χ1n) is 6.19. The van der Waals surface area contributed by atoms with Crippen molar-refractivity contribution in [3.05, 3.63) is 45.3 Å². The molecule has 1 heterocycles. The van der Waals surface area contributed by atoms with Gasteiger partial charge in [-0.3, -0.25) is 9.59 Å². The van der Waals surface area contributed by atoms with Crippen molar-refractivity contribution in [3.63, 3.8) is 0 Å². The molecule has 1 aromatic heterocycles. The molecule has 0 fully saturated rings. The Labute approximate surface area is 120 Å². The third kappa shape index (κ3) is 2.79. The van der Waals surface area contributed by atoms with Crippen LogP contribution in [0.25, 0.3) is 11.0 Å². The van der Waals surface area contributed by atoms with E-state index in [1.807, 2.05) is 6.92 Å². The summed E-state index contributed by atoms with van der Waals surface area (Å²) in [6.07, 6.45) is -0.354. The van der Waals surface area contributed by atoms with Gasteiger partial charge in [-0.25, -0.2) is 4.79 Å². The molecule has 6 heteroatoms. The SMILES string of the molecule is COC(=O)Cc1c(C(=O)OC)oc2cc(C)ccc2c1=O. The summed E-state index contributed by atoms with van der Waals surface area (Å²) in [5, 5.41) is 0.298. The maximum Gasteiger partial charge on any atom is 0.374 e. The maximum atomic E-state index is 12.5. The number of carbonyl (C=O) groups excluding carboxylic acids is 2. The minimum Gasteiger partial charge on any atom is -0.469 e. The number of hydrogen-bond donors (Lipinski definition) is 0. The fourth-order valence-corrected chi connectivity index (χ4v) is 1.97. The first-order valence-corrected chi connectivity index (χ1v) is 6.19. The largest absolute Gasteiger partial charge is 0.469 e.